The van der Waals surface area contributed by atoms with E-state index in [9.17, 15) is 9.00 Å². The SMILES string of the molecule is CS(=O)c1cccc(C2CN(C(=O)OC(C)(C)C)C2)c1. The van der Waals surface area contributed by atoms with Crippen molar-refractivity contribution in [2.24, 2.45) is 0 Å². The Balaban J connectivity index is 1.95. The summed E-state index contributed by atoms with van der Waals surface area (Å²) >= 11 is 0. The highest BCUT2D eigenvalue weighted by molar-refractivity contribution is 7.84. The van der Waals surface area contributed by atoms with Gasteiger partial charge in [-0.3, -0.25) is 4.21 Å². The van der Waals surface area contributed by atoms with Crippen LogP contribution >= 0.6 is 0 Å². The number of benzene rings is 1. The van der Waals surface area contributed by atoms with Crippen molar-refractivity contribution in [3.8, 4) is 0 Å². The Labute approximate surface area is 122 Å². The zero-order valence-corrected chi connectivity index (χ0v) is 13.2. The van der Waals surface area contributed by atoms with Gasteiger partial charge in [-0.25, -0.2) is 4.79 Å². The van der Waals surface area contributed by atoms with E-state index in [1.807, 2.05) is 45.0 Å². The zero-order valence-electron chi connectivity index (χ0n) is 12.4. The van der Waals surface area contributed by atoms with Crippen molar-refractivity contribution >= 4 is 16.9 Å². The molecule has 1 amide bonds. The molecule has 1 aromatic rings. The predicted molar refractivity (Wildman–Crippen MR) is 79.3 cm³/mol. The van der Waals surface area contributed by atoms with Gasteiger partial charge in [0.2, 0.25) is 0 Å². The minimum Gasteiger partial charge on any atom is -0.444 e. The number of carbonyl (C=O) groups excluding carboxylic acids is 1. The van der Waals surface area contributed by atoms with Crippen LogP contribution in [0.4, 0.5) is 4.79 Å². The molecule has 1 heterocycles. The van der Waals surface area contributed by atoms with Crippen LogP contribution in [0.1, 0.15) is 32.3 Å². The molecule has 0 N–H and O–H groups in total. The fourth-order valence-corrected chi connectivity index (χ4v) is 2.68. The molecule has 0 spiro atoms. The Bertz CT molecular complexity index is 530. The van der Waals surface area contributed by atoms with Crippen LogP contribution in [0.3, 0.4) is 0 Å². The molecule has 0 radical (unpaired) electrons. The van der Waals surface area contributed by atoms with E-state index in [4.69, 9.17) is 4.74 Å². The number of hydrogen-bond donors (Lipinski definition) is 0. The molecule has 0 saturated carbocycles. The molecule has 1 aromatic carbocycles. The van der Waals surface area contributed by atoms with Crippen LogP contribution in [-0.4, -0.2) is 40.1 Å². The van der Waals surface area contributed by atoms with E-state index in [0.717, 1.165) is 10.5 Å². The summed E-state index contributed by atoms with van der Waals surface area (Å²) < 4.78 is 16.8. The highest BCUT2D eigenvalue weighted by Gasteiger charge is 2.34. The first-order chi connectivity index (χ1) is 9.26. The zero-order chi connectivity index (χ0) is 14.9. The third kappa shape index (κ3) is 3.60. The van der Waals surface area contributed by atoms with Crippen LogP contribution in [0.25, 0.3) is 0 Å². The summed E-state index contributed by atoms with van der Waals surface area (Å²) in [5.41, 5.74) is 0.679. The lowest BCUT2D eigenvalue weighted by Gasteiger charge is -2.40. The third-order valence-corrected chi connectivity index (χ3v) is 4.11. The molecular formula is C15H21NO3S. The topological polar surface area (TPSA) is 46.6 Å². The van der Waals surface area contributed by atoms with Gasteiger partial charge in [-0.1, -0.05) is 12.1 Å². The molecule has 1 atom stereocenters. The van der Waals surface area contributed by atoms with Gasteiger partial charge < -0.3 is 9.64 Å². The average molecular weight is 295 g/mol. The van der Waals surface area contributed by atoms with Gasteiger partial charge in [0, 0.05) is 41.0 Å². The van der Waals surface area contributed by atoms with Crippen molar-refractivity contribution in [3.05, 3.63) is 29.8 Å². The summed E-state index contributed by atoms with van der Waals surface area (Å²) in [6.07, 6.45) is 1.41. The Hall–Kier alpha value is -1.36. The maximum absolute atomic E-state index is 11.8. The Morgan fingerprint density at radius 3 is 2.55 bits per heavy atom. The van der Waals surface area contributed by atoms with Gasteiger partial charge in [0.15, 0.2) is 0 Å². The summed E-state index contributed by atoms with van der Waals surface area (Å²) in [5.74, 6) is 0.311. The highest BCUT2D eigenvalue weighted by atomic mass is 32.2. The van der Waals surface area contributed by atoms with Gasteiger partial charge in [0.25, 0.3) is 0 Å². The Morgan fingerprint density at radius 1 is 1.35 bits per heavy atom. The molecule has 1 saturated heterocycles. The fourth-order valence-electron chi connectivity index (χ4n) is 2.11. The molecule has 0 bridgehead atoms. The molecule has 0 aromatic heterocycles. The first-order valence-corrected chi connectivity index (χ1v) is 8.23. The number of amides is 1. The molecule has 5 heteroatoms. The summed E-state index contributed by atoms with van der Waals surface area (Å²) in [4.78, 5) is 14.4. The number of hydrogen-bond acceptors (Lipinski definition) is 3. The molecule has 1 aliphatic rings. The number of rotatable bonds is 2. The second-order valence-electron chi connectivity index (χ2n) is 6.11. The van der Waals surface area contributed by atoms with Crippen molar-refractivity contribution in [2.75, 3.05) is 19.3 Å². The molecule has 110 valence electrons. The fraction of sp³-hybridized carbons (Fsp3) is 0.533. The van der Waals surface area contributed by atoms with Gasteiger partial charge in [-0.2, -0.15) is 0 Å². The second kappa shape index (κ2) is 5.56. The molecule has 1 aliphatic heterocycles. The van der Waals surface area contributed by atoms with Crippen LogP contribution in [0.2, 0.25) is 0 Å². The first-order valence-electron chi connectivity index (χ1n) is 6.67. The summed E-state index contributed by atoms with van der Waals surface area (Å²) in [6, 6.07) is 7.77. The summed E-state index contributed by atoms with van der Waals surface area (Å²) in [7, 11) is -0.970. The summed E-state index contributed by atoms with van der Waals surface area (Å²) in [6.45, 7) is 6.91. The van der Waals surface area contributed by atoms with E-state index >= 15 is 0 Å². The van der Waals surface area contributed by atoms with Crippen molar-refractivity contribution in [3.63, 3.8) is 0 Å². The quantitative estimate of drug-likeness (QED) is 0.843. The molecular weight excluding hydrogens is 274 g/mol. The largest absolute Gasteiger partial charge is 0.444 e. The van der Waals surface area contributed by atoms with Gasteiger partial charge >= 0.3 is 6.09 Å². The Kier molecular flexibility index (Phi) is 4.18. The average Bonchev–Trinajstić information content (AvgIpc) is 2.24. The van der Waals surface area contributed by atoms with Crippen molar-refractivity contribution in [1.29, 1.82) is 0 Å². The Morgan fingerprint density at radius 2 is 2.00 bits per heavy atom. The van der Waals surface area contributed by atoms with Crippen LogP contribution in [0.15, 0.2) is 29.2 Å². The second-order valence-corrected chi connectivity index (χ2v) is 7.49. The lowest BCUT2D eigenvalue weighted by molar-refractivity contribution is 0.00818. The van der Waals surface area contributed by atoms with E-state index in [1.165, 1.54) is 0 Å². The maximum atomic E-state index is 11.8. The first kappa shape index (κ1) is 15.0. The smallest absolute Gasteiger partial charge is 0.410 e. The maximum Gasteiger partial charge on any atom is 0.410 e. The molecule has 1 unspecified atom stereocenters. The number of carbonyl (C=O) groups is 1. The van der Waals surface area contributed by atoms with E-state index in [2.05, 4.69) is 0 Å². The standard InChI is InChI=1S/C15H21NO3S/c1-15(2,3)19-14(17)16-9-12(10-16)11-6-5-7-13(8-11)20(4)18/h5-8,12H,9-10H2,1-4H3. The predicted octanol–water partition coefficient (Wildman–Crippen LogP) is 2.76. The van der Waals surface area contributed by atoms with Gasteiger partial charge in [-0.15, -0.1) is 0 Å². The van der Waals surface area contributed by atoms with Crippen molar-refractivity contribution < 1.29 is 13.7 Å². The lowest BCUT2D eigenvalue weighted by Crippen LogP contribution is -2.50. The molecule has 1 fully saturated rings. The normalized spacial score (nSPS) is 17.5. The van der Waals surface area contributed by atoms with Crippen molar-refractivity contribution in [1.82, 2.24) is 4.90 Å². The van der Waals surface area contributed by atoms with Crippen LogP contribution in [0.5, 0.6) is 0 Å². The molecule has 4 nitrogen and oxygen atoms in total. The highest BCUT2D eigenvalue weighted by Crippen LogP contribution is 2.29. The van der Waals surface area contributed by atoms with Crippen LogP contribution in [0, 0.1) is 0 Å². The van der Waals surface area contributed by atoms with Crippen LogP contribution in [-0.2, 0) is 15.5 Å². The van der Waals surface area contributed by atoms with E-state index < -0.39 is 16.4 Å². The molecule has 2 rings (SSSR count). The number of nitrogens with zero attached hydrogens (tertiary/aromatic N) is 1. The third-order valence-electron chi connectivity index (χ3n) is 3.19. The minimum atomic E-state index is -0.970. The minimum absolute atomic E-state index is 0.260. The van der Waals surface area contributed by atoms with Gasteiger partial charge in [0.05, 0.1) is 0 Å². The number of likely N-dealkylation sites (tertiary alicyclic amines) is 1. The summed E-state index contributed by atoms with van der Waals surface area (Å²) in [5, 5.41) is 0. The molecule has 0 aliphatic carbocycles. The molecule has 20 heavy (non-hydrogen) atoms. The van der Waals surface area contributed by atoms with E-state index in [-0.39, 0.29) is 6.09 Å². The monoisotopic (exact) mass is 295 g/mol. The van der Waals surface area contributed by atoms with Crippen LogP contribution < -0.4 is 0 Å². The van der Waals surface area contributed by atoms with E-state index in [1.54, 1.807) is 11.2 Å². The number of ether oxygens (including phenoxy) is 1. The van der Waals surface area contributed by atoms with Gasteiger partial charge in [-0.05, 0) is 38.5 Å². The van der Waals surface area contributed by atoms with Crippen molar-refractivity contribution in [2.45, 2.75) is 37.2 Å². The van der Waals surface area contributed by atoms with Gasteiger partial charge in [0.1, 0.15) is 5.60 Å². The van der Waals surface area contributed by atoms with E-state index in [0.29, 0.717) is 19.0 Å². The lowest BCUT2D eigenvalue weighted by atomic mass is 9.92.